The first-order valence-electron chi connectivity index (χ1n) is 48.5. The van der Waals surface area contributed by atoms with Gasteiger partial charge in [0.15, 0.2) is 12.2 Å². The lowest BCUT2D eigenvalue weighted by molar-refractivity contribution is -0.161. The summed E-state index contributed by atoms with van der Waals surface area (Å²) in [6.45, 7) is 9.71. The molecular formula is C94H184O17P2. The monoisotopic (exact) mass is 1650 g/mol. The van der Waals surface area contributed by atoms with Gasteiger partial charge in [0.1, 0.15) is 19.3 Å². The molecule has 0 aliphatic rings. The lowest BCUT2D eigenvalue weighted by atomic mass is 10.00. The molecule has 0 rings (SSSR count). The van der Waals surface area contributed by atoms with Crippen LogP contribution in [0.25, 0.3) is 0 Å². The molecule has 0 radical (unpaired) electrons. The van der Waals surface area contributed by atoms with Gasteiger partial charge in [-0.15, -0.1) is 0 Å². The van der Waals surface area contributed by atoms with Gasteiger partial charge in [-0.05, 0) is 37.5 Å². The topological polar surface area (TPSA) is 237 Å². The summed E-state index contributed by atoms with van der Waals surface area (Å²) in [5.41, 5.74) is 0. The number of rotatable bonds is 93. The van der Waals surface area contributed by atoms with E-state index in [9.17, 15) is 43.2 Å². The second-order valence-electron chi connectivity index (χ2n) is 34.5. The molecule has 0 aromatic carbocycles. The molecule has 0 aromatic rings. The maximum atomic E-state index is 13.2. The van der Waals surface area contributed by atoms with Crippen LogP contribution >= 0.6 is 15.6 Å². The third-order valence-corrected chi connectivity index (χ3v) is 24.5. The smallest absolute Gasteiger partial charge is 0.462 e. The van der Waals surface area contributed by atoms with Gasteiger partial charge in [0.05, 0.1) is 26.4 Å². The summed E-state index contributed by atoms with van der Waals surface area (Å²) in [7, 11) is -9.94. The zero-order valence-electron chi connectivity index (χ0n) is 74.7. The molecule has 0 amide bonds. The number of carbonyl (C=O) groups is 4. The van der Waals surface area contributed by atoms with Gasteiger partial charge in [-0.3, -0.25) is 37.3 Å². The van der Waals surface area contributed by atoms with Crippen LogP contribution in [-0.4, -0.2) is 96.7 Å². The van der Waals surface area contributed by atoms with Gasteiger partial charge in [0.25, 0.3) is 0 Å². The maximum absolute atomic E-state index is 13.2. The summed E-state index contributed by atoms with van der Waals surface area (Å²) in [4.78, 5) is 73.5. The van der Waals surface area contributed by atoms with Gasteiger partial charge < -0.3 is 33.8 Å². The first kappa shape index (κ1) is 111. The first-order valence-corrected chi connectivity index (χ1v) is 51.5. The van der Waals surface area contributed by atoms with Gasteiger partial charge in [-0.25, -0.2) is 9.13 Å². The zero-order valence-corrected chi connectivity index (χ0v) is 76.5. The van der Waals surface area contributed by atoms with Gasteiger partial charge in [0.2, 0.25) is 0 Å². The highest BCUT2D eigenvalue weighted by Gasteiger charge is 2.31. The minimum atomic E-state index is -4.97. The Morgan fingerprint density at radius 2 is 0.451 bits per heavy atom. The van der Waals surface area contributed by atoms with E-state index in [-0.39, 0.29) is 25.7 Å². The predicted octanol–water partition coefficient (Wildman–Crippen LogP) is 29.4. The normalized spacial score (nSPS) is 13.9. The van der Waals surface area contributed by atoms with E-state index in [0.717, 1.165) is 108 Å². The van der Waals surface area contributed by atoms with Gasteiger partial charge in [-0.1, -0.05) is 459 Å². The fourth-order valence-corrected chi connectivity index (χ4v) is 16.4. The van der Waals surface area contributed by atoms with Crippen LogP contribution < -0.4 is 0 Å². The van der Waals surface area contributed by atoms with Crippen LogP contribution in [0.15, 0.2) is 0 Å². The standard InChI is InChI=1S/C94H184O17P2/c1-7-10-12-14-16-18-20-22-24-26-28-30-31-33-39-43-47-51-55-59-66-72-78-93(98)110-89(82-104-91(96)76-70-64-57-53-49-45-41-37-35-34-36-40-44-48-52-56-62-68-74-86(4)5)84-108-112(100,101)106-80-88(95)81-107-113(102,103)109-85-90(83-105-92(97)77-71-65-61-60-63-69-75-87(6)9-3)111-94(99)79-73-67-58-54-50-46-42-38-32-29-27-25-23-21-19-17-15-13-11-8-2/h86-90,95H,7-85H2,1-6H3,(H,100,101)(H,102,103)/t87?,88-,89-,90-/m1/s1. The molecule has 0 saturated carbocycles. The zero-order chi connectivity index (χ0) is 82.7. The highest BCUT2D eigenvalue weighted by Crippen LogP contribution is 2.45. The number of hydrogen-bond donors (Lipinski definition) is 3. The number of esters is 4. The number of phosphoric ester groups is 2. The Morgan fingerprint density at radius 3 is 0.673 bits per heavy atom. The number of ether oxygens (including phenoxy) is 4. The Kier molecular flexibility index (Phi) is 83.6. The second-order valence-corrected chi connectivity index (χ2v) is 37.4. The van der Waals surface area contributed by atoms with Crippen molar-refractivity contribution in [2.24, 2.45) is 11.8 Å². The summed E-state index contributed by atoms with van der Waals surface area (Å²) in [5.74, 6) is -0.542. The fraction of sp³-hybridized carbons (Fsp3) is 0.957. The van der Waals surface area contributed by atoms with Crippen LogP contribution in [0.1, 0.15) is 510 Å². The molecule has 6 atom stereocenters. The van der Waals surface area contributed by atoms with Crippen molar-refractivity contribution in [1.82, 2.24) is 0 Å². The molecule has 0 spiro atoms. The van der Waals surface area contributed by atoms with Crippen molar-refractivity contribution in [3.05, 3.63) is 0 Å². The number of phosphoric acid groups is 2. The lowest BCUT2D eigenvalue weighted by Gasteiger charge is -2.21. The molecule has 0 aliphatic carbocycles. The molecule has 0 aromatic heterocycles. The lowest BCUT2D eigenvalue weighted by Crippen LogP contribution is -2.30. The van der Waals surface area contributed by atoms with E-state index in [1.54, 1.807) is 0 Å². The van der Waals surface area contributed by atoms with Crippen molar-refractivity contribution >= 4 is 39.5 Å². The van der Waals surface area contributed by atoms with Crippen molar-refractivity contribution < 1.29 is 80.2 Å². The average molecular weight is 1650 g/mol. The molecule has 0 aliphatic heterocycles. The van der Waals surface area contributed by atoms with Crippen LogP contribution in [0.5, 0.6) is 0 Å². The molecule has 3 N–H and O–H groups in total. The molecule has 17 nitrogen and oxygen atoms in total. The minimum Gasteiger partial charge on any atom is -0.462 e. The third-order valence-electron chi connectivity index (χ3n) is 22.6. The fourth-order valence-electron chi connectivity index (χ4n) is 14.8. The van der Waals surface area contributed by atoms with E-state index < -0.39 is 97.5 Å². The van der Waals surface area contributed by atoms with E-state index >= 15 is 0 Å². The summed E-state index contributed by atoms with van der Waals surface area (Å²) >= 11 is 0. The Balaban J connectivity index is 5.21. The van der Waals surface area contributed by atoms with Crippen molar-refractivity contribution in [1.29, 1.82) is 0 Å². The van der Waals surface area contributed by atoms with E-state index in [2.05, 4.69) is 41.5 Å². The summed E-state index contributed by atoms with van der Waals surface area (Å²) in [6.07, 6.45) is 80.9. The summed E-state index contributed by atoms with van der Waals surface area (Å²) < 4.78 is 69.1. The molecule has 0 bridgehead atoms. The van der Waals surface area contributed by atoms with E-state index in [0.29, 0.717) is 25.7 Å². The van der Waals surface area contributed by atoms with Crippen molar-refractivity contribution in [3.63, 3.8) is 0 Å². The van der Waals surface area contributed by atoms with Crippen molar-refractivity contribution in [3.8, 4) is 0 Å². The van der Waals surface area contributed by atoms with Gasteiger partial charge in [0, 0.05) is 25.7 Å². The summed E-state index contributed by atoms with van der Waals surface area (Å²) in [6, 6.07) is 0. The SMILES string of the molecule is CCCCCCCCCCCCCCCCCCCCCCCCC(=O)O[C@H](COC(=O)CCCCCCCCCCCCCCCCCCCCC(C)C)COP(=O)(O)OC[C@@H](O)COP(=O)(O)OC[C@@H](COC(=O)CCCCCCCCC(C)CC)OC(=O)CCCCCCCCCCCCCCCCCCCCCC. The highest BCUT2D eigenvalue weighted by molar-refractivity contribution is 7.47. The first-order chi connectivity index (χ1) is 54.9. The van der Waals surface area contributed by atoms with E-state index in [4.69, 9.17) is 37.0 Å². The van der Waals surface area contributed by atoms with Crippen LogP contribution in [0.2, 0.25) is 0 Å². The van der Waals surface area contributed by atoms with Crippen molar-refractivity contribution in [2.75, 3.05) is 39.6 Å². The second kappa shape index (κ2) is 85.1. The molecule has 19 heteroatoms. The van der Waals surface area contributed by atoms with Crippen LogP contribution in [0, 0.1) is 11.8 Å². The molecule has 0 saturated heterocycles. The number of unbranched alkanes of at least 4 members (excludes halogenated alkanes) is 62. The predicted molar refractivity (Wildman–Crippen MR) is 469 cm³/mol. The summed E-state index contributed by atoms with van der Waals surface area (Å²) in [5, 5.41) is 10.7. The van der Waals surface area contributed by atoms with E-state index in [1.165, 1.54) is 321 Å². The number of carbonyl (C=O) groups excluding carboxylic acids is 4. The van der Waals surface area contributed by atoms with Gasteiger partial charge in [-0.2, -0.15) is 0 Å². The molecular weight excluding hydrogens is 1460 g/mol. The number of aliphatic hydroxyl groups is 1. The average Bonchev–Trinajstić information content (AvgIpc) is 0.898. The Bertz CT molecular complexity index is 2150. The Labute approximate surface area is 696 Å². The molecule has 3 unspecified atom stereocenters. The van der Waals surface area contributed by atoms with Crippen LogP contribution in [0.4, 0.5) is 0 Å². The minimum absolute atomic E-state index is 0.108. The van der Waals surface area contributed by atoms with Crippen molar-refractivity contribution in [2.45, 2.75) is 529 Å². The van der Waals surface area contributed by atoms with E-state index in [1.807, 2.05) is 0 Å². The quantitative estimate of drug-likeness (QED) is 0.0222. The van der Waals surface area contributed by atoms with Gasteiger partial charge >= 0.3 is 39.5 Å². The molecule has 672 valence electrons. The Hall–Kier alpha value is -1.94. The highest BCUT2D eigenvalue weighted by atomic mass is 31.2. The Morgan fingerprint density at radius 1 is 0.257 bits per heavy atom. The maximum Gasteiger partial charge on any atom is 0.472 e. The largest absolute Gasteiger partial charge is 0.472 e. The third kappa shape index (κ3) is 86.3. The molecule has 0 fully saturated rings. The van der Waals surface area contributed by atoms with Crippen LogP contribution in [-0.2, 0) is 65.4 Å². The molecule has 0 heterocycles. The number of hydrogen-bond acceptors (Lipinski definition) is 15. The molecule has 113 heavy (non-hydrogen) atoms. The van der Waals surface area contributed by atoms with Crippen LogP contribution in [0.3, 0.4) is 0 Å². The number of aliphatic hydroxyl groups excluding tert-OH is 1.